The smallest absolute Gasteiger partial charge is 0.258 e. The van der Waals surface area contributed by atoms with Crippen LogP contribution < -0.4 is 9.04 Å². The van der Waals surface area contributed by atoms with E-state index in [-0.39, 0.29) is 5.91 Å². The van der Waals surface area contributed by atoms with E-state index in [1.807, 2.05) is 42.5 Å². The minimum Gasteiger partial charge on any atom is -0.593 e. The molecule has 2 aromatic carbocycles. The van der Waals surface area contributed by atoms with Crippen molar-refractivity contribution in [3.05, 3.63) is 65.4 Å². The zero-order chi connectivity index (χ0) is 19.8. The second-order valence-corrected chi connectivity index (χ2v) is 8.10. The van der Waals surface area contributed by atoms with Crippen LogP contribution in [0.2, 0.25) is 0 Å². The third-order valence-corrected chi connectivity index (χ3v) is 6.02. The van der Waals surface area contributed by atoms with Crippen molar-refractivity contribution in [2.45, 2.75) is 13.1 Å². The molecule has 1 unspecified atom stereocenters. The number of nitrogens with zero attached hydrogens (tertiary/aromatic N) is 3. The molecule has 0 bridgehead atoms. The summed E-state index contributed by atoms with van der Waals surface area (Å²) in [4.78, 5) is 19.5. The topological polar surface area (TPSA) is 68.7 Å². The first kappa shape index (κ1) is 18.6. The van der Waals surface area contributed by atoms with E-state index in [1.54, 1.807) is 35.8 Å². The van der Waals surface area contributed by atoms with Crippen molar-refractivity contribution in [3.8, 4) is 5.75 Å². The van der Waals surface area contributed by atoms with E-state index >= 15 is 0 Å². The number of pyridine rings is 1. The van der Waals surface area contributed by atoms with Crippen molar-refractivity contribution in [2.24, 2.45) is 0 Å². The van der Waals surface area contributed by atoms with Gasteiger partial charge in [0.15, 0.2) is 5.75 Å². The molecule has 0 aliphatic carbocycles. The number of carbonyl (C=O) groups excluding carboxylic acids is 1. The van der Waals surface area contributed by atoms with Crippen LogP contribution in [-0.4, -0.2) is 40.8 Å². The maximum absolute atomic E-state index is 13.3. The number of hydrogen-bond donors (Lipinski definition) is 0. The predicted molar refractivity (Wildman–Crippen MR) is 111 cm³/mol. The van der Waals surface area contributed by atoms with Gasteiger partial charge in [0.05, 0.1) is 36.8 Å². The minimum atomic E-state index is -1.24. The zero-order valence-electron chi connectivity index (χ0n) is 16.0. The second kappa shape index (κ2) is 7.33. The Morgan fingerprint density at radius 1 is 1.25 bits per heavy atom. The van der Waals surface area contributed by atoms with E-state index in [9.17, 15) is 9.35 Å². The Morgan fingerprint density at radius 2 is 2.00 bits per heavy atom. The van der Waals surface area contributed by atoms with Crippen molar-refractivity contribution in [2.75, 3.05) is 24.7 Å². The quantitative estimate of drug-likeness (QED) is 0.621. The molecule has 0 saturated heterocycles. The van der Waals surface area contributed by atoms with Crippen molar-refractivity contribution < 1.29 is 14.1 Å². The van der Waals surface area contributed by atoms with Crippen LogP contribution in [0.1, 0.15) is 21.5 Å². The summed E-state index contributed by atoms with van der Waals surface area (Å²) in [5.41, 5.74) is 3.77. The standard InChI is InChI=1S/C21H21N3O3S/c1-23(28(3)26)19-15-10-7-11-22-18(15)20(27-2)17-16(19)13-24(21(17)25)12-14-8-5-4-6-9-14/h4-11H,12-13H2,1-3H3. The summed E-state index contributed by atoms with van der Waals surface area (Å²) in [5, 5.41) is 0.824. The minimum absolute atomic E-state index is 0.0974. The number of hydrogen-bond acceptors (Lipinski definition) is 5. The highest BCUT2D eigenvalue weighted by atomic mass is 32.2. The van der Waals surface area contributed by atoms with E-state index in [0.29, 0.717) is 29.9 Å². The molecule has 0 spiro atoms. The number of methoxy groups -OCH3 is 1. The third-order valence-electron chi connectivity index (χ3n) is 5.06. The largest absolute Gasteiger partial charge is 0.593 e. The third kappa shape index (κ3) is 2.96. The second-order valence-electron chi connectivity index (χ2n) is 6.70. The number of carbonyl (C=O) groups is 1. The molecule has 0 radical (unpaired) electrons. The van der Waals surface area contributed by atoms with Gasteiger partial charge < -0.3 is 14.2 Å². The molecule has 4 rings (SSSR count). The Balaban J connectivity index is 1.90. The average Bonchev–Trinajstić information content (AvgIpc) is 3.02. The van der Waals surface area contributed by atoms with Crippen LogP contribution in [0.25, 0.3) is 10.9 Å². The fourth-order valence-electron chi connectivity index (χ4n) is 3.73. The highest BCUT2D eigenvalue weighted by molar-refractivity contribution is 7.92. The molecule has 6 nitrogen and oxygen atoms in total. The van der Waals surface area contributed by atoms with Crippen LogP contribution in [-0.2, 0) is 24.5 Å². The van der Waals surface area contributed by atoms with Crippen LogP contribution >= 0.6 is 0 Å². The number of ether oxygens (including phenoxy) is 1. The van der Waals surface area contributed by atoms with Gasteiger partial charge >= 0.3 is 0 Å². The Labute approximate surface area is 167 Å². The molecule has 7 heteroatoms. The maximum atomic E-state index is 13.3. The van der Waals surface area contributed by atoms with Gasteiger partial charge in [-0.05, 0) is 17.7 Å². The lowest BCUT2D eigenvalue weighted by Crippen LogP contribution is -2.26. The Morgan fingerprint density at radius 3 is 2.68 bits per heavy atom. The van der Waals surface area contributed by atoms with Crippen LogP contribution in [0.15, 0.2) is 48.7 Å². The van der Waals surface area contributed by atoms with E-state index < -0.39 is 11.4 Å². The number of fused-ring (bicyclic) bond motifs is 2. The number of rotatable bonds is 5. The van der Waals surface area contributed by atoms with Crippen molar-refractivity contribution in [1.82, 2.24) is 9.88 Å². The summed E-state index contributed by atoms with van der Waals surface area (Å²) in [6.07, 6.45) is 3.29. The first-order valence-corrected chi connectivity index (χ1v) is 10.4. The monoisotopic (exact) mass is 395 g/mol. The van der Waals surface area contributed by atoms with Gasteiger partial charge in [-0.3, -0.25) is 9.78 Å². The Hall–Kier alpha value is -2.77. The van der Waals surface area contributed by atoms with Crippen LogP contribution in [0, 0.1) is 0 Å². The first-order valence-electron chi connectivity index (χ1n) is 8.91. The molecule has 1 aromatic heterocycles. The molecule has 0 fully saturated rings. The van der Waals surface area contributed by atoms with E-state index in [0.717, 1.165) is 22.2 Å². The lowest BCUT2D eigenvalue weighted by molar-refractivity contribution is 0.0764. The highest BCUT2D eigenvalue weighted by Crippen LogP contribution is 2.44. The SMILES string of the molecule is COc1c2c(c(N(C)[S+](C)[O-])c3cccnc13)CN(Cc1ccccc1)C2=O. The molecule has 0 saturated carbocycles. The molecule has 144 valence electrons. The Bertz CT molecular complexity index is 1040. The zero-order valence-corrected chi connectivity index (χ0v) is 16.8. The first-order chi connectivity index (χ1) is 13.5. The summed E-state index contributed by atoms with van der Waals surface area (Å²) in [6.45, 7) is 0.931. The molecule has 0 N–H and O–H groups in total. The Kier molecular flexibility index (Phi) is 4.87. The molecular weight excluding hydrogens is 374 g/mol. The summed E-state index contributed by atoms with van der Waals surface area (Å²) in [6, 6.07) is 13.6. The molecule has 1 atom stereocenters. The van der Waals surface area contributed by atoms with Gasteiger partial charge in [-0.1, -0.05) is 30.3 Å². The normalized spacial score (nSPS) is 14.3. The van der Waals surface area contributed by atoms with E-state index in [1.165, 1.54) is 0 Å². The van der Waals surface area contributed by atoms with Gasteiger partial charge in [-0.15, -0.1) is 0 Å². The van der Waals surface area contributed by atoms with Crippen LogP contribution in [0.5, 0.6) is 5.75 Å². The fraction of sp³-hybridized carbons (Fsp3) is 0.238. The number of aromatic nitrogens is 1. The molecular formula is C21H21N3O3S. The average molecular weight is 395 g/mol. The maximum Gasteiger partial charge on any atom is 0.258 e. The summed E-state index contributed by atoms with van der Waals surface area (Å²) in [7, 11) is 3.33. The lowest BCUT2D eigenvalue weighted by atomic mass is 10.0. The van der Waals surface area contributed by atoms with Gasteiger partial charge in [-0.2, -0.15) is 4.31 Å². The van der Waals surface area contributed by atoms with Crippen molar-refractivity contribution >= 4 is 33.9 Å². The van der Waals surface area contributed by atoms with Gasteiger partial charge in [0.2, 0.25) is 0 Å². The number of benzene rings is 2. The number of anilines is 1. The van der Waals surface area contributed by atoms with E-state index in [4.69, 9.17) is 4.74 Å². The molecule has 1 amide bonds. The summed E-state index contributed by atoms with van der Waals surface area (Å²) >= 11 is -1.24. The van der Waals surface area contributed by atoms with E-state index in [2.05, 4.69) is 4.98 Å². The molecule has 3 aromatic rings. The fourth-order valence-corrected chi connectivity index (χ4v) is 4.20. The highest BCUT2D eigenvalue weighted by Gasteiger charge is 2.37. The molecule has 1 aliphatic heterocycles. The summed E-state index contributed by atoms with van der Waals surface area (Å²) in [5.74, 6) is 0.380. The predicted octanol–water partition coefficient (Wildman–Crippen LogP) is 3.13. The van der Waals surface area contributed by atoms with Crippen molar-refractivity contribution in [1.29, 1.82) is 0 Å². The lowest BCUT2D eigenvalue weighted by Gasteiger charge is -2.24. The van der Waals surface area contributed by atoms with Crippen LogP contribution in [0.4, 0.5) is 5.69 Å². The summed E-state index contributed by atoms with van der Waals surface area (Å²) < 4.78 is 19.6. The van der Waals surface area contributed by atoms with Crippen LogP contribution in [0.3, 0.4) is 0 Å². The van der Waals surface area contributed by atoms with Gasteiger partial charge in [0.25, 0.3) is 5.91 Å². The van der Waals surface area contributed by atoms with Gasteiger partial charge in [-0.25, -0.2) is 0 Å². The van der Waals surface area contributed by atoms with Crippen molar-refractivity contribution in [3.63, 3.8) is 0 Å². The number of amides is 1. The van der Waals surface area contributed by atoms with Gasteiger partial charge in [0.1, 0.15) is 11.8 Å². The molecule has 1 aliphatic rings. The molecule has 2 heterocycles. The van der Waals surface area contributed by atoms with Gasteiger partial charge in [0, 0.05) is 30.2 Å². The molecule has 28 heavy (non-hydrogen) atoms.